The molecule has 116 valence electrons. The summed E-state index contributed by atoms with van der Waals surface area (Å²) in [4.78, 5) is 17.8. The third-order valence-corrected chi connectivity index (χ3v) is 4.12. The molecule has 0 unspecified atom stereocenters. The van der Waals surface area contributed by atoms with Crippen LogP contribution in [0.25, 0.3) is 0 Å². The van der Waals surface area contributed by atoms with Gasteiger partial charge in [-0.3, -0.25) is 10.00 Å². The Morgan fingerprint density at radius 1 is 1.50 bits per heavy atom. The van der Waals surface area contributed by atoms with Gasteiger partial charge >= 0.3 is 5.97 Å². The van der Waals surface area contributed by atoms with E-state index in [1.54, 1.807) is 12.1 Å². The van der Waals surface area contributed by atoms with Crippen molar-refractivity contribution in [3.05, 3.63) is 47.0 Å². The first kappa shape index (κ1) is 14.7. The van der Waals surface area contributed by atoms with Crippen molar-refractivity contribution in [2.75, 3.05) is 13.1 Å². The lowest BCUT2D eigenvalue weighted by Crippen LogP contribution is -2.34. The van der Waals surface area contributed by atoms with Gasteiger partial charge in [-0.2, -0.15) is 5.10 Å². The van der Waals surface area contributed by atoms with Gasteiger partial charge < -0.3 is 5.11 Å². The van der Waals surface area contributed by atoms with Crippen molar-refractivity contribution in [1.29, 1.82) is 0 Å². The van der Waals surface area contributed by atoms with Crippen molar-refractivity contribution in [2.45, 2.75) is 32.2 Å². The third kappa shape index (κ3) is 3.33. The molecule has 0 radical (unpaired) electrons. The smallest absolute Gasteiger partial charge is 0.335 e. The molecule has 0 aliphatic carbocycles. The van der Waals surface area contributed by atoms with Crippen LogP contribution in [0.4, 0.5) is 0 Å². The lowest BCUT2D eigenvalue weighted by Gasteiger charge is -2.32. The number of hydrogen-bond acceptors (Lipinski definition) is 4. The molecule has 6 nitrogen and oxygen atoms in total. The van der Waals surface area contributed by atoms with Gasteiger partial charge in [0.2, 0.25) is 0 Å². The number of aromatic nitrogens is 3. The quantitative estimate of drug-likeness (QED) is 0.904. The second kappa shape index (κ2) is 6.27. The highest BCUT2D eigenvalue weighted by atomic mass is 16.4. The van der Waals surface area contributed by atoms with Crippen LogP contribution in [0.15, 0.2) is 24.3 Å². The second-order valence-electron chi connectivity index (χ2n) is 5.84. The van der Waals surface area contributed by atoms with Crippen LogP contribution in [0.5, 0.6) is 0 Å². The molecule has 1 saturated heterocycles. The summed E-state index contributed by atoms with van der Waals surface area (Å²) in [6, 6.07) is 7.30. The van der Waals surface area contributed by atoms with Crippen LogP contribution in [0, 0.1) is 6.92 Å². The Labute approximate surface area is 129 Å². The molecule has 1 aromatic heterocycles. The summed E-state index contributed by atoms with van der Waals surface area (Å²) >= 11 is 0. The number of likely N-dealkylation sites (tertiary alicyclic amines) is 1. The van der Waals surface area contributed by atoms with Gasteiger partial charge in [0, 0.05) is 6.54 Å². The third-order valence-electron chi connectivity index (χ3n) is 4.12. The van der Waals surface area contributed by atoms with E-state index >= 15 is 0 Å². The number of piperidine rings is 1. The molecule has 22 heavy (non-hydrogen) atoms. The number of carboxylic acids is 1. The highest BCUT2D eigenvalue weighted by Gasteiger charge is 2.22. The molecule has 1 aromatic carbocycles. The van der Waals surface area contributed by atoms with Gasteiger partial charge in [0.15, 0.2) is 5.82 Å². The van der Waals surface area contributed by atoms with Crippen LogP contribution in [0.2, 0.25) is 0 Å². The predicted molar refractivity (Wildman–Crippen MR) is 81.8 cm³/mol. The van der Waals surface area contributed by atoms with Crippen molar-refractivity contribution < 1.29 is 9.90 Å². The Morgan fingerprint density at radius 2 is 2.36 bits per heavy atom. The molecule has 2 N–H and O–H groups in total. The van der Waals surface area contributed by atoms with E-state index in [9.17, 15) is 4.79 Å². The molecule has 1 fully saturated rings. The zero-order valence-corrected chi connectivity index (χ0v) is 12.6. The topological polar surface area (TPSA) is 82.1 Å². The number of benzene rings is 1. The minimum absolute atomic E-state index is 0.360. The van der Waals surface area contributed by atoms with E-state index in [4.69, 9.17) is 5.11 Å². The zero-order chi connectivity index (χ0) is 15.5. The summed E-state index contributed by atoms with van der Waals surface area (Å²) in [7, 11) is 0. The van der Waals surface area contributed by atoms with Crippen LogP contribution in [-0.4, -0.2) is 44.2 Å². The average molecular weight is 300 g/mol. The van der Waals surface area contributed by atoms with Gasteiger partial charge in [0.05, 0.1) is 12.1 Å². The van der Waals surface area contributed by atoms with Crippen LogP contribution < -0.4 is 0 Å². The minimum Gasteiger partial charge on any atom is -0.478 e. The molecule has 2 heterocycles. The van der Waals surface area contributed by atoms with Crippen molar-refractivity contribution in [3.63, 3.8) is 0 Å². The maximum atomic E-state index is 11.1. The van der Waals surface area contributed by atoms with Gasteiger partial charge in [-0.25, -0.2) is 9.78 Å². The normalized spacial score (nSPS) is 19.2. The lowest BCUT2D eigenvalue weighted by molar-refractivity contribution is 0.0696. The number of rotatable bonds is 4. The Balaban J connectivity index is 1.70. The zero-order valence-electron chi connectivity index (χ0n) is 12.6. The van der Waals surface area contributed by atoms with E-state index in [1.165, 1.54) is 0 Å². The lowest BCUT2D eigenvalue weighted by atomic mass is 9.89. The molecule has 0 amide bonds. The summed E-state index contributed by atoms with van der Waals surface area (Å²) in [6.45, 7) is 4.58. The van der Waals surface area contributed by atoms with Crippen LogP contribution in [-0.2, 0) is 6.54 Å². The summed E-state index contributed by atoms with van der Waals surface area (Å²) in [6.07, 6.45) is 2.19. The minimum atomic E-state index is -0.870. The summed E-state index contributed by atoms with van der Waals surface area (Å²) in [5.74, 6) is 1.15. The molecule has 2 aromatic rings. The molecule has 0 bridgehead atoms. The summed E-state index contributed by atoms with van der Waals surface area (Å²) < 4.78 is 0. The molecule has 3 rings (SSSR count). The molecule has 1 aliphatic rings. The van der Waals surface area contributed by atoms with Crippen molar-refractivity contribution in [3.8, 4) is 0 Å². The first-order valence-electron chi connectivity index (χ1n) is 7.55. The van der Waals surface area contributed by atoms with E-state index in [0.29, 0.717) is 11.5 Å². The fraction of sp³-hybridized carbons (Fsp3) is 0.438. The van der Waals surface area contributed by atoms with E-state index in [1.807, 2.05) is 19.1 Å². The summed E-state index contributed by atoms with van der Waals surface area (Å²) in [5, 5.41) is 16.2. The average Bonchev–Trinajstić information content (AvgIpc) is 2.93. The molecule has 6 heteroatoms. The number of nitrogens with zero attached hydrogens (tertiary/aromatic N) is 3. The molecule has 1 aliphatic heterocycles. The van der Waals surface area contributed by atoms with E-state index < -0.39 is 5.97 Å². The highest BCUT2D eigenvalue weighted by Crippen LogP contribution is 2.28. The Morgan fingerprint density at radius 3 is 3.09 bits per heavy atom. The van der Waals surface area contributed by atoms with Crippen molar-refractivity contribution >= 4 is 5.97 Å². The molecule has 0 spiro atoms. The monoisotopic (exact) mass is 300 g/mol. The predicted octanol–water partition coefficient (Wildman–Crippen LogP) is 2.19. The number of H-pyrrole nitrogens is 1. The largest absolute Gasteiger partial charge is 0.478 e. The van der Waals surface area contributed by atoms with Gasteiger partial charge in [0.25, 0.3) is 0 Å². The van der Waals surface area contributed by atoms with Gasteiger partial charge in [-0.05, 0) is 49.9 Å². The maximum absolute atomic E-state index is 11.1. The van der Waals surface area contributed by atoms with Gasteiger partial charge in [-0.1, -0.05) is 12.1 Å². The number of hydrogen-bond donors (Lipinski definition) is 2. The van der Waals surface area contributed by atoms with E-state index in [-0.39, 0.29) is 0 Å². The van der Waals surface area contributed by atoms with Crippen LogP contribution in [0.1, 0.15) is 46.3 Å². The molecule has 0 saturated carbocycles. The Hall–Kier alpha value is -2.21. The van der Waals surface area contributed by atoms with E-state index in [0.717, 1.165) is 49.7 Å². The number of aromatic carboxylic acids is 1. The Kier molecular flexibility index (Phi) is 4.20. The number of aryl methyl sites for hydroxylation is 1. The first-order valence-corrected chi connectivity index (χ1v) is 7.55. The number of aromatic amines is 1. The fourth-order valence-corrected chi connectivity index (χ4v) is 3.06. The number of nitrogens with one attached hydrogen (secondary N) is 1. The van der Waals surface area contributed by atoms with Crippen molar-refractivity contribution in [1.82, 2.24) is 20.1 Å². The van der Waals surface area contributed by atoms with Gasteiger partial charge in [0.1, 0.15) is 5.82 Å². The number of carboxylic acid groups (broad SMARTS) is 1. The van der Waals surface area contributed by atoms with Crippen molar-refractivity contribution in [2.24, 2.45) is 0 Å². The molecule has 1 atom stereocenters. The second-order valence-corrected chi connectivity index (χ2v) is 5.84. The van der Waals surface area contributed by atoms with Crippen LogP contribution >= 0.6 is 0 Å². The molecular weight excluding hydrogens is 280 g/mol. The number of carbonyl (C=O) groups is 1. The maximum Gasteiger partial charge on any atom is 0.335 e. The first-order chi connectivity index (χ1) is 10.6. The fourth-order valence-electron chi connectivity index (χ4n) is 3.06. The van der Waals surface area contributed by atoms with Crippen LogP contribution in [0.3, 0.4) is 0 Å². The standard InChI is InChI=1S/C16H20N4O2/c1-11-17-15(19-18-11)10-20-7-3-6-14(9-20)12-4-2-5-13(8-12)16(21)22/h2,4-5,8,14H,3,6-7,9-10H2,1H3,(H,21,22)(H,17,18,19)/t14-/m0/s1. The SMILES string of the molecule is Cc1nc(CN2CCC[C@H](c3cccc(C(=O)O)c3)C2)n[nH]1. The highest BCUT2D eigenvalue weighted by molar-refractivity contribution is 5.87. The van der Waals surface area contributed by atoms with E-state index in [2.05, 4.69) is 20.1 Å². The molecular formula is C16H20N4O2. The Bertz CT molecular complexity index is 668. The summed E-state index contributed by atoms with van der Waals surface area (Å²) in [5.41, 5.74) is 1.47. The van der Waals surface area contributed by atoms with Gasteiger partial charge in [-0.15, -0.1) is 0 Å².